The van der Waals surface area contributed by atoms with Crippen LogP contribution in [0, 0.1) is 0 Å². The fraction of sp³-hybridized carbons (Fsp3) is 0.438. The van der Waals surface area contributed by atoms with Gasteiger partial charge in [-0.3, -0.25) is 9.59 Å². The number of carbonyl (C=O) groups is 3. The van der Waals surface area contributed by atoms with Crippen molar-refractivity contribution in [3.63, 3.8) is 0 Å². The Morgan fingerprint density at radius 1 is 1.22 bits per heavy atom. The van der Waals surface area contributed by atoms with Gasteiger partial charge >= 0.3 is 12.1 Å². The van der Waals surface area contributed by atoms with Gasteiger partial charge in [-0.15, -0.1) is 0 Å². The Labute approximate surface area is 135 Å². The third kappa shape index (κ3) is 7.85. The molecular formula is C16H22N2O5. The summed E-state index contributed by atoms with van der Waals surface area (Å²) in [5.41, 5.74) is 0.836. The van der Waals surface area contributed by atoms with Gasteiger partial charge in [0.25, 0.3) is 0 Å². The summed E-state index contributed by atoms with van der Waals surface area (Å²) in [5, 5.41) is 13.3. The molecular weight excluding hydrogens is 300 g/mol. The highest BCUT2D eigenvalue weighted by molar-refractivity contribution is 5.87. The zero-order valence-electron chi connectivity index (χ0n) is 13.1. The van der Waals surface area contributed by atoms with Crippen molar-refractivity contribution < 1.29 is 24.2 Å². The van der Waals surface area contributed by atoms with Crippen molar-refractivity contribution in [1.82, 2.24) is 10.6 Å². The number of carboxylic acid groups (broad SMARTS) is 1. The molecule has 23 heavy (non-hydrogen) atoms. The highest BCUT2D eigenvalue weighted by atomic mass is 16.5. The van der Waals surface area contributed by atoms with E-state index >= 15 is 0 Å². The quantitative estimate of drug-likeness (QED) is 0.641. The summed E-state index contributed by atoms with van der Waals surface area (Å²) in [6.45, 7) is 1.58. The SMILES string of the molecule is CCCCC(NC(=O)OCc1ccccc1)C(=O)NCC(=O)O. The van der Waals surface area contributed by atoms with Crippen LogP contribution in [0.15, 0.2) is 30.3 Å². The number of benzene rings is 1. The molecule has 7 heteroatoms. The van der Waals surface area contributed by atoms with E-state index in [-0.39, 0.29) is 6.61 Å². The minimum atomic E-state index is -1.14. The van der Waals surface area contributed by atoms with E-state index in [1.165, 1.54) is 0 Å². The van der Waals surface area contributed by atoms with E-state index in [9.17, 15) is 14.4 Å². The van der Waals surface area contributed by atoms with Gasteiger partial charge in [0.05, 0.1) is 0 Å². The van der Waals surface area contributed by atoms with Crippen LogP contribution in [0.3, 0.4) is 0 Å². The Morgan fingerprint density at radius 3 is 2.52 bits per heavy atom. The van der Waals surface area contributed by atoms with Gasteiger partial charge in [-0.25, -0.2) is 4.79 Å². The van der Waals surface area contributed by atoms with Gasteiger partial charge in [0.2, 0.25) is 5.91 Å². The number of hydrogen-bond acceptors (Lipinski definition) is 4. The van der Waals surface area contributed by atoms with Gasteiger partial charge in [-0.2, -0.15) is 0 Å². The third-order valence-corrected chi connectivity index (χ3v) is 3.08. The molecule has 2 amide bonds. The van der Waals surface area contributed by atoms with E-state index in [4.69, 9.17) is 9.84 Å². The maximum atomic E-state index is 11.9. The summed E-state index contributed by atoms with van der Waals surface area (Å²) in [6, 6.07) is 8.36. The van der Waals surface area contributed by atoms with Crippen molar-refractivity contribution in [3.8, 4) is 0 Å². The molecule has 7 nitrogen and oxygen atoms in total. The van der Waals surface area contributed by atoms with Crippen molar-refractivity contribution >= 4 is 18.0 Å². The zero-order valence-corrected chi connectivity index (χ0v) is 13.1. The van der Waals surface area contributed by atoms with Gasteiger partial charge in [-0.05, 0) is 12.0 Å². The zero-order chi connectivity index (χ0) is 17.1. The lowest BCUT2D eigenvalue weighted by molar-refractivity contribution is -0.138. The van der Waals surface area contributed by atoms with Crippen LogP contribution in [-0.2, 0) is 20.9 Å². The summed E-state index contributed by atoms with van der Waals surface area (Å²) in [6.07, 6.45) is 1.29. The lowest BCUT2D eigenvalue weighted by atomic mass is 10.1. The summed E-state index contributed by atoms with van der Waals surface area (Å²) in [5.74, 6) is -1.67. The fourth-order valence-corrected chi connectivity index (χ4v) is 1.87. The van der Waals surface area contributed by atoms with E-state index in [1.807, 2.05) is 37.3 Å². The molecule has 0 fully saturated rings. The minimum absolute atomic E-state index is 0.101. The lowest BCUT2D eigenvalue weighted by Crippen LogP contribution is -2.48. The molecule has 0 aliphatic heterocycles. The van der Waals surface area contributed by atoms with Gasteiger partial charge < -0.3 is 20.5 Å². The number of rotatable bonds is 9. The molecule has 0 bridgehead atoms. The number of aliphatic carboxylic acids is 1. The number of nitrogens with one attached hydrogen (secondary N) is 2. The van der Waals surface area contributed by atoms with Crippen molar-refractivity contribution in [2.24, 2.45) is 0 Å². The standard InChI is InChI=1S/C16H22N2O5/c1-2-3-9-13(15(21)17-10-14(19)20)18-16(22)23-11-12-7-5-4-6-8-12/h4-8,13H,2-3,9-11H2,1H3,(H,17,21)(H,18,22)(H,19,20). The molecule has 0 spiro atoms. The van der Waals surface area contributed by atoms with E-state index in [2.05, 4.69) is 10.6 Å². The first-order valence-corrected chi connectivity index (χ1v) is 7.49. The highest BCUT2D eigenvalue weighted by Gasteiger charge is 2.21. The van der Waals surface area contributed by atoms with Crippen LogP contribution in [0.4, 0.5) is 4.79 Å². The monoisotopic (exact) mass is 322 g/mol. The van der Waals surface area contributed by atoms with Gasteiger partial charge in [0.15, 0.2) is 0 Å². The molecule has 3 N–H and O–H groups in total. The predicted molar refractivity (Wildman–Crippen MR) is 83.7 cm³/mol. The molecule has 1 aromatic rings. The second-order valence-electron chi connectivity index (χ2n) is 5.01. The van der Waals surface area contributed by atoms with Gasteiger partial charge in [0, 0.05) is 0 Å². The maximum Gasteiger partial charge on any atom is 0.408 e. The van der Waals surface area contributed by atoms with Gasteiger partial charge in [-0.1, -0.05) is 50.1 Å². The molecule has 1 atom stereocenters. The highest BCUT2D eigenvalue weighted by Crippen LogP contribution is 2.04. The summed E-state index contributed by atoms with van der Waals surface area (Å²) in [4.78, 5) is 34.2. The summed E-state index contributed by atoms with van der Waals surface area (Å²) < 4.78 is 5.07. The molecule has 0 aliphatic carbocycles. The molecule has 126 valence electrons. The Kier molecular flexibility index (Phi) is 8.20. The second kappa shape index (κ2) is 10.2. The third-order valence-electron chi connectivity index (χ3n) is 3.08. The first-order chi connectivity index (χ1) is 11.0. The minimum Gasteiger partial charge on any atom is -0.480 e. The Morgan fingerprint density at radius 2 is 1.91 bits per heavy atom. The first kappa shape index (κ1) is 18.5. The number of carboxylic acids is 1. The lowest BCUT2D eigenvalue weighted by Gasteiger charge is -2.17. The molecule has 1 rings (SSSR count). The topological polar surface area (TPSA) is 105 Å². The normalized spacial score (nSPS) is 11.3. The van der Waals surface area contributed by atoms with E-state index in [0.29, 0.717) is 6.42 Å². The molecule has 0 saturated heterocycles. The molecule has 1 aromatic carbocycles. The number of ether oxygens (including phenoxy) is 1. The van der Waals surface area contributed by atoms with Crippen LogP contribution in [0.5, 0.6) is 0 Å². The Balaban J connectivity index is 2.49. The van der Waals surface area contributed by atoms with Crippen molar-refractivity contribution in [2.75, 3.05) is 6.54 Å². The van der Waals surface area contributed by atoms with Crippen LogP contribution >= 0.6 is 0 Å². The smallest absolute Gasteiger partial charge is 0.408 e. The first-order valence-electron chi connectivity index (χ1n) is 7.49. The largest absolute Gasteiger partial charge is 0.480 e. The predicted octanol–water partition coefficient (Wildman–Crippen LogP) is 1.67. The van der Waals surface area contributed by atoms with Crippen LogP contribution in [0.1, 0.15) is 31.7 Å². The van der Waals surface area contributed by atoms with Gasteiger partial charge in [0.1, 0.15) is 19.2 Å². The fourth-order valence-electron chi connectivity index (χ4n) is 1.87. The molecule has 1 unspecified atom stereocenters. The number of carbonyl (C=O) groups excluding carboxylic acids is 2. The Hall–Kier alpha value is -2.57. The second-order valence-corrected chi connectivity index (χ2v) is 5.01. The number of hydrogen-bond donors (Lipinski definition) is 3. The molecule has 0 saturated carbocycles. The van der Waals surface area contributed by atoms with Crippen molar-refractivity contribution in [1.29, 1.82) is 0 Å². The maximum absolute atomic E-state index is 11.9. The van der Waals surface area contributed by atoms with Crippen molar-refractivity contribution in [2.45, 2.75) is 38.8 Å². The molecule has 0 heterocycles. The molecule has 0 aliphatic rings. The van der Waals surface area contributed by atoms with Crippen LogP contribution < -0.4 is 10.6 Å². The van der Waals surface area contributed by atoms with E-state index < -0.39 is 30.6 Å². The summed E-state index contributed by atoms with van der Waals surface area (Å²) >= 11 is 0. The van der Waals surface area contributed by atoms with E-state index in [0.717, 1.165) is 18.4 Å². The Bertz CT molecular complexity index is 518. The average molecular weight is 322 g/mol. The van der Waals surface area contributed by atoms with Crippen LogP contribution in [-0.4, -0.2) is 35.7 Å². The average Bonchev–Trinajstić information content (AvgIpc) is 2.55. The number of unbranched alkanes of at least 4 members (excludes halogenated alkanes) is 1. The molecule has 0 radical (unpaired) electrons. The van der Waals surface area contributed by atoms with Crippen LogP contribution in [0.2, 0.25) is 0 Å². The van der Waals surface area contributed by atoms with Crippen molar-refractivity contribution in [3.05, 3.63) is 35.9 Å². The molecule has 0 aromatic heterocycles. The van der Waals surface area contributed by atoms with Crippen LogP contribution in [0.25, 0.3) is 0 Å². The number of alkyl carbamates (subject to hydrolysis) is 1. The van der Waals surface area contributed by atoms with E-state index in [1.54, 1.807) is 0 Å². The number of amides is 2. The summed E-state index contributed by atoms with van der Waals surface area (Å²) in [7, 11) is 0.